The first-order valence-corrected chi connectivity index (χ1v) is 4.44. The predicted octanol–water partition coefficient (Wildman–Crippen LogP) is 0.0662. The third-order valence-corrected chi connectivity index (χ3v) is 2.38. The van der Waals surface area contributed by atoms with Crippen molar-refractivity contribution in [1.82, 2.24) is 14.9 Å². The molecule has 1 N–H and O–H groups in total. The second-order valence-corrected chi connectivity index (χ2v) is 3.56. The number of aromatic amines is 1. The summed E-state index contributed by atoms with van der Waals surface area (Å²) in [6.07, 6.45) is 0.886. The lowest BCUT2D eigenvalue weighted by atomic mass is 10.1. The average Bonchev–Trinajstić information content (AvgIpc) is 2.06. The Balaban J connectivity index is 2.53. The van der Waals surface area contributed by atoms with Crippen LogP contribution in [-0.2, 0) is 13.0 Å². The zero-order valence-electron chi connectivity index (χ0n) is 7.92. The van der Waals surface area contributed by atoms with Gasteiger partial charge in [0.15, 0.2) is 0 Å². The Labute approximate surface area is 76.6 Å². The number of hydrogen-bond donors (Lipinski definition) is 1. The summed E-state index contributed by atoms with van der Waals surface area (Å²) in [6.45, 7) is 3.53. The van der Waals surface area contributed by atoms with Gasteiger partial charge in [-0.2, -0.15) is 0 Å². The second-order valence-electron chi connectivity index (χ2n) is 3.56. The normalized spacial score (nSPS) is 17.1. The molecule has 0 atom stereocenters. The first kappa shape index (κ1) is 8.44. The molecular formula is C9H13N3O. The molecule has 4 heteroatoms. The number of aromatic nitrogens is 2. The zero-order chi connectivity index (χ0) is 9.42. The summed E-state index contributed by atoms with van der Waals surface area (Å²) in [5.74, 6) is 0.716. The van der Waals surface area contributed by atoms with E-state index in [1.165, 1.54) is 0 Å². The molecule has 1 aromatic rings. The molecule has 2 heterocycles. The standard InChI is InChI=1S/C9H13N3O/c1-6-10-8-3-4-12(2)5-7(8)9(13)11-6/h3-5H2,1-2H3,(H,10,11,13). The molecule has 13 heavy (non-hydrogen) atoms. The summed E-state index contributed by atoms with van der Waals surface area (Å²) in [4.78, 5) is 20.7. The Bertz CT molecular complexity index is 383. The van der Waals surface area contributed by atoms with Gasteiger partial charge in [-0.05, 0) is 14.0 Å². The highest BCUT2D eigenvalue weighted by atomic mass is 16.1. The van der Waals surface area contributed by atoms with Gasteiger partial charge in [0.1, 0.15) is 5.82 Å². The molecule has 4 nitrogen and oxygen atoms in total. The smallest absolute Gasteiger partial charge is 0.255 e. The summed E-state index contributed by atoms with van der Waals surface area (Å²) in [7, 11) is 2.02. The van der Waals surface area contributed by atoms with Crippen molar-refractivity contribution in [2.75, 3.05) is 13.6 Å². The fourth-order valence-corrected chi connectivity index (χ4v) is 1.68. The van der Waals surface area contributed by atoms with Crippen molar-refractivity contribution in [1.29, 1.82) is 0 Å². The molecule has 0 bridgehead atoms. The number of nitrogens with zero attached hydrogens (tertiary/aromatic N) is 2. The molecule has 0 saturated heterocycles. The Morgan fingerprint density at radius 1 is 1.54 bits per heavy atom. The van der Waals surface area contributed by atoms with E-state index >= 15 is 0 Å². The lowest BCUT2D eigenvalue weighted by molar-refractivity contribution is 0.307. The Morgan fingerprint density at radius 2 is 2.31 bits per heavy atom. The second kappa shape index (κ2) is 2.96. The SMILES string of the molecule is Cc1nc2c(c(=O)[nH]1)CN(C)CC2. The van der Waals surface area contributed by atoms with Gasteiger partial charge in [0.25, 0.3) is 5.56 Å². The fraction of sp³-hybridized carbons (Fsp3) is 0.556. The minimum Gasteiger partial charge on any atom is -0.310 e. The topological polar surface area (TPSA) is 49.0 Å². The van der Waals surface area contributed by atoms with Gasteiger partial charge in [0, 0.05) is 19.5 Å². The quantitative estimate of drug-likeness (QED) is 0.613. The van der Waals surface area contributed by atoms with Gasteiger partial charge in [-0.15, -0.1) is 0 Å². The molecule has 1 aliphatic rings. The number of fused-ring (bicyclic) bond motifs is 1. The fourth-order valence-electron chi connectivity index (χ4n) is 1.68. The van der Waals surface area contributed by atoms with E-state index in [0.717, 1.165) is 30.8 Å². The van der Waals surface area contributed by atoms with Crippen LogP contribution >= 0.6 is 0 Å². The van der Waals surface area contributed by atoms with Crippen LogP contribution < -0.4 is 5.56 Å². The molecule has 2 rings (SSSR count). The van der Waals surface area contributed by atoms with Crippen LogP contribution in [0, 0.1) is 6.92 Å². The Morgan fingerprint density at radius 3 is 3.08 bits per heavy atom. The minimum absolute atomic E-state index is 0.0223. The van der Waals surface area contributed by atoms with Crippen molar-refractivity contribution < 1.29 is 0 Å². The number of hydrogen-bond acceptors (Lipinski definition) is 3. The summed E-state index contributed by atoms with van der Waals surface area (Å²) < 4.78 is 0. The molecule has 0 radical (unpaired) electrons. The number of likely N-dealkylation sites (N-methyl/N-ethyl adjacent to an activating group) is 1. The molecule has 70 valence electrons. The third-order valence-electron chi connectivity index (χ3n) is 2.38. The molecule has 0 spiro atoms. The lowest BCUT2D eigenvalue weighted by Crippen LogP contribution is -2.33. The summed E-state index contributed by atoms with van der Waals surface area (Å²) in [6, 6.07) is 0. The van der Waals surface area contributed by atoms with E-state index in [0.29, 0.717) is 5.82 Å². The van der Waals surface area contributed by atoms with Gasteiger partial charge >= 0.3 is 0 Å². The Hall–Kier alpha value is -1.16. The van der Waals surface area contributed by atoms with Gasteiger partial charge < -0.3 is 9.88 Å². The zero-order valence-corrected chi connectivity index (χ0v) is 7.92. The van der Waals surface area contributed by atoms with Gasteiger partial charge in [0.05, 0.1) is 11.3 Å². The summed E-state index contributed by atoms with van der Waals surface area (Å²) in [5.41, 5.74) is 1.83. The molecular weight excluding hydrogens is 166 g/mol. The van der Waals surface area contributed by atoms with E-state index in [1.54, 1.807) is 0 Å². The van der Waals surface area contributed by atoms with Crippen molar-refractivity contribution in [3.05, 3.63) is 27.4 Å². The van der Waals surface area contributed by atoms with Gasteiger partial charge in [-0.1, -0.05) is 0 Å². The van der Waals surface area contributed by atoms with Crippen LogP contribution in [0.1, 0.15) is 17.1 Å². The number of rotatable bonds is 0. The van der Waals surface area contributed by atoms with Crippen LogP contribution in [0.25, 0.3) is 0 Å². The summed E-state index contributed by atoms with van der Waals surface area (Å²) >= 11 is 0. The number of aryl methyl sites for hydroxylation is 1. The molecule has 0 aromatic carbocycles. The van der Waals surface area contributed by atoms with E-state index in [1.807, 2.05) is 14.0 Å². The molecule has 1 aromatic heterocycles. The van der Waals surface area contributed by atoms with Crippen LogP contribution in [0.3, 0.4) is 0 Å². The van der Waals surface area contributed by atoms with E-state index in [-0.39, 0.29) is 5.56 Å². The monoisotopic (exact) mass is 179 g/mol. The molecule has 0 fully saturated rings. The van der Waals surface area contributed by atoms with Crippen LogP contribution in [0.15, 0.2) is 4.79 Å². The number of nitrogens with one attached hydrogen (secondary N) is 1. The predicted molar refractivity (Wildman–Crippen MR) is 49.6 cm³/mol. The van der Waals surface area contributed by atoms with Crippen molar-refractivity contribution >= 4 is 0 Å². The van der Waals surface area contributed by atoms with Crippen LogP contribution in [-0.4, -0.2) is 28.5 Å². The largest absolute Gasteiger partial charge is 0.310 e. The highest BCUT2D eigenvalue weighted by molar-refractivity contribution is 5.20. The molecule has 0 amide bonds. The molecule has 0 saturated carbocycles. The molecule has 0 aliphatic carbocycles. The maximum Gasteiger partial charge on any atom is 0.255 e. The van der Waals surface area contributed by atoms with Crippen molar-refractivity contribution in [3.8, 4) is 0 Å². The van der Waals surface area contributed by atoms with Crippen molar-refractivity contribution in [2.45, 2.75) is 19.9 Å². The highest BCUT2D eigenvalue weighted by Crippen LogP contribution is 2.10. The molecule has 0 unspecified atom stereocenters. The van der Waals surface area contributed by atoms with Gasteiger partial charge in [-0.25, -0.2) is 4.98 Å². The van der Waals surface area contributed by atoms with Crippen LogP contribution in [0.4, 0.5) is 0 Å². The first-order chi connectivity index (χ1) is 6.16. The van der Waals surface area contributed by atoms with Crippen LogP contribution in [0.2, 0.25) is 0 Å². The van der Waals surface area contributed by atoms with Crippen LogP contribution in [0.5, 0.6) is 0 Å². The Kier molecular flexibility index (Phi) is 1.92. The third kappa shape index (κ3) is 1.49. The number of H-pyrrole nitrogens is 1. The van der Waals surface area contributed by atoms with E-state index in [2.05, 4.69) is 14.9 Å². The lowest BCUT2D eigenvalue weighted by Gasteiger charge is -2.23. The van der Waals surface area contributed by atoms with Gasteiger partial charge in [0.2, 0.25) is 0 Å². The highest BCUT2D eigenvalue weighted by Gasteiger charge is 2.17. The summed E-state index contributed by atoms with van der Waals surface area (Å²) in [5, 5.41) is 0. The maximum atomic E-state index is 11.5. The van der Waals surface area contributed by atoms with E-state index < -0.39 is 0 Å². The van der Waals surface area contributed by atoms with Crippen molar-refractivity contribution in [2.24, 2.45) is 0 Å². The minimum atomic E-state index is 0.0223. The first-order valence-electron chi connectivity index (χ1n) is 4.44. The molecule has 1 aliphatic heterocycles. The average molecular weight is 179 g/mol. The van der Waals surface area contributed by atoms with Gasteiger partial charge in [-0.3, -0.25) is 4.79 Å². The van der Waals surface area contributed by atoms with Crippen molar-refractivity contribution in [3.63, 3.8) is 0 Å². The van der Waals surface area contributed by atoms with E-state index in [4.69, 9.17) is 0 Å². The maximum absolute atomic E-state index is 11.5. The van der Waals surface area contributed by atoms with E-state index in [9.17, 15) is 4.79 Å².